The molecule has 156 valence electrons. The van der Waals surface area contributed by atoms with Crippen LogP contribution in [0, 0.1) is 0 Å². The van der Waals surface area contributed by atoms with E-state index in [0.29, 0.717) is 39.0 Å². The summed E-state index contributed by atoms with van der Waals surface area (Å²) in [4.78, 5) is 28.7. The van der Waals surface area contributed by atoms with Gasteiger partial charge in [-0.05, 0) is 24.0 Å². The van der Waals surface area contributed by atoms with Crippen LogP contribution in [0.3, 0.4) is 0 Å². The fourth-order valence-corrected chi connectivity index (χ4v) is 3.59. The average molecular weight is 416 g/mol. The Morgan fingerprint density at radius 1 is 0.828 bits per heavy atom. The molecule has 0 aromatic heterocycles. The highest BCUT2D eigenvalue weighted by molar-refractivity contribution is 5.85. The van der Waals surface area contributed by atoms with E-state index in [1.54, 1.807) is 0 Å². The molecule has 1 heterocycles. The maximum absolute atomic E-state index is 12.5. The average Bonchev–Trinajstić information content (AvgIpc) is 2.75. The van der Waals surface area contributed by atoms with Gasteiger partial charge in [-0.3, -0.25) is 9.59 Å². The van der Waals surface area contributed by atoms with Gasteiger partial charge < -0.3 is 15.5 Å². The number of amides is 2. The van der Waals surface area contributed by atoms with Gasteiger partial charge in [-0.15, -0.1) is 12.4 Å². The highest BCUT2D eigenvalue weighted by atomic mass is 35.5. The lowest BCUT2D eigenvalue weighted by molar-refractivity contribution is -0.139. The lowest BCUT2D eigenvalue weighted by atomic mass is 10.0. The van der Waals surface area contributed by atoms with Gasteiger partial charge in [-0.1, -0.05) is 60.7 Å². The number of benzene rings is 2. The molecular weight excluding hydrogens is 386 g/mol. The number of hydrogen-bond acceptors (Lipinski definition) is 3. The summed E-state index contributed by atoms with van der Waals surface area (Å²) in [6.45, 7) is 2.39. The second kappa shape index (κ2) is 11.6. The van der Waals surface area contributed by atoms with E-state index in [-0.39, 0.29) is 30.3 Å². The Balaban J connectivity index is 0.00000300. The van der Waals surface area contributed by atoms with Gasteiger partial charge in [0.15, 0.2) is 0 Å². The van der Waals surface area contributed by atoms with Gasteiger partial charge in [0.25, 0.3) is 0 Å². The van der Waals surface area contributed by atoms with Gasteiger partial charge in [0.05, 0.1) is 0 Å². The fourth-order valence-electron chi connectivity index (χ4n) is 3.59. The minimum atomic E-state index is -0.286. The zero-order valence-electron chi connectivity index (χ0n) is 16.7. The smallest absolute Gasteiger partial charge is 0.224 e. The number of aryl methyl sites for hydroxylation is 1. The summed E-state index contributed by atoms with van der Waals surface area (Å²) in [7, 11) is 0. The molecule has 0 radical (unpaired) electrons. The summed E-state index contributed by atoms with van der Waals surface area (Å²) in [6.07, 6.45) is 2.63. The van der Waals surface area contributed by atoms with Crippen LogP contribution in [0.1, 0.15) is 36.4 Å². The lowest BCUT2D eigenvalue weighted by Crippen LogP contribution is -2.51. The van der Waals surface area contributed by atoms with Crippen molar-refractivity contribution in [3.05, 3.63) is 71.8 Å². The molecule has 1 aliphatic heterocycles. The highest BCUT2D eigenvalue weighted by Crippen LogP contribution is 2.16. The largest absolute Gasteiger partial charge is 0.339 e. The van der Waals surface area contributed by atoms with E-state index in [1.807, 2.05) is 58.3 Å². The van der Waals surface area contributed by atoms with Crippen molar-refractivity contribution in [3.63, 3.8) is 0 Å². The number of halogens is 1. The van der Waals surface area contributed by atoms with Gasteiger partial charge in [0, 0.05) is 45.1 Å². The third-order valence-electron chi connectivity index (χ3n) is 5.31. The number of rotatable bonds is 7. The van der Waals surface area contributed by atoms with E-state index in [0.717, 1.165) is 18.4 Å². The Labute approximate surface area is 179 Å². The van der Waals surface area contributed by atoms with Crippen molar-refractivity contribution in [1.82, 2.24) is 9.80 Å². The summed E-state index contributed by atoms with van der Waals surface area (Å²) in [5.41, 5.74) is 8.41. The molecule has 2 aromatic carbocycles. The number of carbonyl (C=O) groups excluding carboxylic acids is 2. The van der Waals surface area contributed by atoms with Crippen molar-refractivity contribution in [3.8, 4) is 0 Å². The van der Waals surface area contributed by atoms with Crippen molar-refractivity contribution in [1.29, 1.82) is 0 Å². The predicted molar refractivity (Wildman–Crippen MR) is 118 cm³/mol. The molecule has 1 fully saturated rings. The first-order valence-corrected chi connectivity index (χ1v) is 10.0. The molecule has 1 saturated heterocycles. The number of carbonyl (C=O) groups is 2. The number of nitrogens with zero attached hydrogens (tertiary/aromatic N) is 2. The molecule has 5 nitrogen and oxygen atoms in total. The Bertz CT molecular complexity index is 762. The Kier molecular flexibility index (Phi) is 9.16. The first kappa shape index (κ1) is 22.9. The molecule has 0 saturated carbocycles. The van der Waals surface area contributed by atoms with Crippen molar-refractivity contribution >= 4 is 24.2 Å². The molecule has 2 amide bonds. The third kappa shape index (κ3) is 6.87. The zero-order chi connectivity index (χ0) is 19.8. The molecule has 6 heteroatoms. The quantitative estimate of drug-likeness (QED) is 0.755. The van der Waals surface area contributed by atoms with E-state index in [1.165, 1.54) is 5.56 Å². The number of hydrogen-bond donors (Lipinski definition) is 1. The topological polar surface area (TPSA) is 66.6 Å². The highest BCUT2D eigenvalue weighted by Gasteiger charge is 2.25. The molecule has 0 aliphatic carbocycles. The maximum atomic E-state index is 12.5. The van der Waals surface area contributed by atoms with E-state index in [2.05, 4.69) is 12.1 Å². The van der Waals surface area contributed by atoms with Gasteiger partial charge in [0.2, 0.25) is 11.8 Å². The van der Waals surface area contributed by atoms with Crippen molar-refractivity contribution in [2.45, 2.75) is 31.7 Å². The Hall–Kier alpha value is -2.37. The SMILES string of the molecule is Cl.NC(CC(=O)N1CCN(C(=O)CCCc2ccccc2)CC1)c1ccccc1. The third-order valence-corrected chi connectivity index (χ3v) is 5.31. The van der Waals surface area contributed by atoms with E-state index in [4.69, 9.17) is 5.73 Å². The van der Waals surface area contributed by atoms with Crippen LogP contribution < -0.4 is 5.73 Å². The molecule has 1 unspecified atom stereocenters. The Morgan fingerprint density at radius 2 is 1.34 bits per heavy atom. The monoisotopic (exact) mass is 415 g/mol. The van der Waals surface area contributed by atoms with Crippen LogP contribution in [0.25, 0.3) is 0 Å². The molecule has 2 aromatic rings. The van der Waals surface area contributed by atoms with E-state index < -0.39 is 0 Å². The van der Waals surface area contributed by atoms with Crippen molar-refractivity contribution < 1.29 is 9.59 Å². The van der Waals surface area contributed by atoms with Crippen LogP contribution in [0.15, 0.2) is 60.7 Å². The minimum Gasteiger partial charge on any atom is -0.339 e. The van der Waals surface area contributed by atoms with Gasteiger partial charge in [-0.2, -0.15) is 0 Å². The van der Waals surface area contributed by atoms with Gasteiger partial charge in [-0.25, -0.2) is 0 Å². The van der Waals surface area contributed by atoms with Crippen LogP contribution >= 0.6 is 12.4 Å². The normalized spacial score (nSPS) is 14.8. The van der Waals surface area contributed by atoms with Gasteiger partial charge in [0.1, 0.15) is 0 Å². The maximum Gasteiger partial charge on any atom is 0.224 e. The first-order valence-electron chi connectivity index (χ1n) is 10.0. The van der Waals surface area contributed by atoms with Crippen LogP contribution in [-0.2, 0) is 16.0 Å². The second-order valence-electron chi connectivity index (χ2n) is 7.32. The van der Waals surface area contributed by atoms with Gasteiger partial charge >= 0.3 is 0 Å². The van der Waals surface area contributed by atoms with E-state index >= 15 is 0 Å². The fraction of sp³-hybridized carbons (Fsp3) is 0.391. The summed E-state index contributed by atoms with van der Waals surface area (Å²) < 4.78 is 0. The Morgan fingerprint density at radius 3 is 1.93 bits per heavy atom. The van der Waals surface area contributed by atoms with Crippen LogP contribution in [0.5, 0.6) is 0 Å². The number of piperazine rings is 1. The molecule has 3 rings (SSSR count). The van der Waals surface area contributed by atoms with E-state index in [9.17, 15) is 9.59 Å². The second-order valence-corrected chi connectivity index (χ2v) is 7.32. The number of nitrogens with two attached hydrogens (primary N) is 1. The molecular formula is C23H30ClN3O2. The molecule has 2 N–H and O–H groups in total. The summed E-state index contributed by atoms with van der Waals surface area (Å²) in [6, 6.07) is 19.7. The molecule has 29 heavy (non-hydrogen) atoms. The lowest BCUT2D eigenvalue weighted by Gasteiger charge is -2.35. The zero-order valence-corrected chi connectivity index (χ0v) is 17.5. The summed E-state index contributed by atoms with van der Waals surface area (Å²) in [5.74, 6) is 0.247. The first-order chi connectivity index (χ1) is 13.6. The van der Waals surface area contributed by atoms with Crippen LogP contribution in [0.2, 0.25) is 0 Å². The van der Waals surface area contributed by atoms with Crippen molar-refractivity contribution in [2.75, 3.05) is 26.2 Å². The van der Waals surface area contributed by atoms with Crippen molar-refractivity contribution in [2.24, 2.45) is 5.73 Å². The standard InChI is InChI=1S/C23H29N3O2.ClH/c24-21(20-11-5-2-6-12-20)18-23(28)26-16-14-25(15-17-26)22(27)13-7-10-19-8-3-1-4-9-19;/h1-6,8-9,11-12,21H,7,10,13-18,24H2;1H. The van der Waals surface area contributed by atoms with Crippen LogP contribution in [0.4, 0.5) is 0 Å². The molecule has 1 aliphatic rings. The summed E-state index contributed by atoms with van der Waals surface area (Å²) >= 11 is 0. The molecule has 1 atom stereocenters. The molecule has 0 bridgehead atoms. The van der Waals surface area contributed by atoms with Crippen LogP contribution in [-0.4, -0.2) is 47.8 Å². The predicted octanol–water partition coefficient (Wildman–Crippen LogP) is 3.19. The minimum absolute atomic E-state index is 0. The molecule has 0 spiro atoms. The summed E-state index contributed by atoms with van der Waals surface area (Å²) in [5, 5.41) is 0.